The van der Waals surface area contributed by atoms with Gasteiger partial charge in [-0.25, -0.2) is 0 Å². The van der Waals surface area contributed by atoms with Gasteiger partial charge in [0.05, 0.1) is 6.61 Å². The predicted octanol–water partition coefficient (Wildman–Crippen LogP) is -0.635. The van der Waals surface area contributed by atoms with Crippen molar-refractivity contribution in [2.45, 2.75) is 6.23 Å². The van der Waals surface area contributed by atoms with Gasteiger partial charge in [-0.15, -0.1) is 0 Å². The van der Waals surface area contributed by atoms with Crippen molar-refractivity contribution in [1.82, 2.24) is 10.6 Å². The Morgan fingerprint density at radius 1 is 1.80 bits per heavy atom. The van der Waals surface area contributed by atoms with Crippen molar-refractivity contribution < 1.29 is 9.84 Å². The van der Waals surface area contributed by atoms with Crippen molar-refractivity contribution in [2.75, 3.05) is 19.7 Å². The molecule has 1 unspecified atom stereocenters. The van der Waals surface area contributed by atoms with Crippen molar-refractivity contribution in [3.63, 3.8) is 0 Å². The molecule has 1 fully saturated rings. The quantitative estimate of drug-likeness (QED) is 0.448. The minimum Gasteiger partial charge on any atom is -0.487 e. The first kappa shape index (κ1) is 7.71. The third kappa shape index (κ3) is 2.47. The second-order valence-corrected chi connectivity index (χ2v) is 2.40. The lowest BCUT2D eigenvalue weighted by molar-refractivity contribution is 0.0173. The summed E-state index contributed by atoms with van der Waals surface area (Å²) in [6.07, 6.45) is -0.175. The molecule has 3 N–H and O–H groups in total. The van der Waals surface area contributed by atoms with Crippen LogP contribution in [0.25, 0.3) is 0 Å². The highest BCUT2D eigenvalue weighted by molar-refractivity contribution is 7.79. The topological polar surface area (TPSA) is 53.5 Å². The Balaban J connectivity index is 2.19. The number of ether oxygens (including phenoxy) is 1. The summed E-state index contributed by atoms with van der Waals surface area (Å²) in [5, 5.41) is 14.1. The lowest BCUT2D eigenvalue weighted by atomic mass is 10.4. The Morgan fingerprint density at radius 3 is 3.10 bits per heavy atom. The van der Waals surface area contributed by atoms with Crippen LogP contribution in [0.1, 0.15) is 0 Å². The van der Waals surface area contributed by atoms with Crippen LogP contribution in [-0.2, 0) is 4.74 Å². The first-order valence-corrected chi connectivity index (χ1v) is 3.51. The van der Waals surface area contributed by atoms with E-state index in [-0.39, 0.29) is 11.4 Å². The summed E-state index contributed by atoms with van der Waals surface area (Å²) in [4.78, 5) is 0. The van der Waals surface area contributed by atoms with Gasteiger partial charge in [0, 0.05) is 13.1 Å². The number of rotatable bonds is 1. The van der Waals surface area contributed by atoms with E-state index in [2.05, 4.69) is 22.9 Å². The number of hydrogen-bond acceptors (Lipinski definition) is 3. The van der Waals surface area contributed by atoms with E-state index < -0.39 is 0 Å². The van der Waals surface area contributed by atoms with E-state index in [0.717, 1.165) is 6.54 Å². The number of hydrogen-bond donors (Lipinski definition) is 3. The Hall–Kier alpha value is -0.390. The van der Waals surface area contributed by atoms with E-state index in [1.54, 1.807) is 0 Å². The minimum atomic E-state index is -0.214. The SMILES string of the molecule is OC(=S)NC1CNCCO1. The molecule has 1 rings (SSSR count). The summed E-state index contributed by atoms with van der Waals surface area (Å²) in [7, 11) is 0. The van der Waals surface area contributed by atoms with Gasteiger partial charge in [0.15, 0.2) is 0 Å². The number of thiocarbonyl (C=S) groups is 1. The molecule has 5 heteroatoms. The number of nitrogens with one attached hydrogen (secondary N) is 2. The molecule has 0 radical (unpaired) electrons. The minimum absolute atomic E-state index is 0.175. The Kier molecular flexibility index (Phi) is 2.85. The normalized spacial score (nSPS) is 25.8. The average Bonchev–Trinajstić information content (AvgIpc) is 1.88. The Bertz CT molecular complexity index is 125. The standard InChI is InChI=1S/C5H10N2O2S/c8-5(10)7-4-3-6-1-2-9-4/h4,6H,1-3H2,(H2,7,8,10). The average molecular weight is 162 g/mol. The zero-order valence-electron chi connectivity index (χ0n) is 5.46. The second-order valence-electron chi connectivity index (χ2n) is 2.01. The lowest BCUT2D eigenvalue weighted by Gasteiger charge is -2.23. The predicted molar refractivity (Wildman–Crippen MR) is 41.0 cm³/mol. The fraction of sp³-hybridized carbons (Fsp3) is 0.800. The van der Waals surface area contributed by atoms with E-state index in [4.69, 9.17) is 9.84 Å². The van der Waals surface area contributed by atoms with E-state index >= 15 is 0 Å². The summed E-state index contributed by atoms with van der Waals surface area (Å²) in [5.74, 6) is 0. The van der Waals surface area contributed by atoms with Gasteiger partial charge in [-0.3, -0.25) is 0 Å². The molecule has 0 aromatic rings. The maximum atomic E-state index is 8.62. The van der Waals surface area contributed by atoms with Crippen LogP contribution in [0, 0.1) is 0 Å². The molecule has 0 aliphatic carbocycles. The first-order chi connectivity index (χ1) is 4.79. The maximum Gasteiger partial charge on any atom is 0.256 e. The molecule has 10 heavy (non-hydrogen) atoms. The second kappa shape index (κ2) is 3.70. The van der Waals surface area contributed by atoms with Gasteiger partial charge < -0.3 is 20.5 Å². The molecule has 1 aliphatic heterocycles. The van der Waals surface area contributed by atoms with Crippen molar-refractivity contribution in [1.29, 1.82) is 0 Å². The number of aliphatic hydroxyl groups excluding tert-OH is 1. The summed E-state index contributed by atoms with van der Waals surface area (Å²) in [6, 6.07) is 0. The highest BCUT2D eigenvalue weighted by Crippen LogP contribution is 1.90. The van der Waals surface area contributed by atoms with Crippen LogP contribution in [0.5, 0.6) is 0 Å². The molecule has 1 aliphatic rings. The van der Waals surface area contributed by atoms with Crippen LogP contribution in [0.4, 0.5) is 0 Å². The van der Waals surface area contributed by atoms with E-state index in [1.807, 2.05) is 0 Å². The smallest absolute Gasteiger partial charge is 0.256 e. The molecule has 4 nitrogen and oxygen atoms in total. The van der Waals surface area contributed by atoms with E-state index in [0.29, 0.717) is 13.2 Å². The Labute approximate surface area is 64.6 Å². The fourth-order valence-corrected chi connectivity index (χ4v) is 0.927. The largest absolute Gasteiger partial charge is 0.487 e. The van der Waals surface area contributed by atoms with Gasteiger partial charge in [-0.05, 0) is 12.2 Å². The fourth-order valence-electron chi connectivity index (χ4n) is 0.796. The molecular weight excluding hydrogens is 152 g/mol. The highest BCUT2D eigenvalue weighted by atomic mass is 32.1. The molecule has 0 aromatic heterocycles. The van der Waals surface area contributed by atoms with Gasteiger partial charge >= 0.3 is 0 Å². The Morgan fingerprint density at radius 2 is 2.60 bits per heavy atom. The van der Waals surface area contributed by atoms with Crippen LogP contribution in [0.15, 0.2) is 0 Å². The van der Waals surface area contributed by atoms with Crippen LogP contribution in [-0.4, -0.2) is 36.2 Å². The van der Waals surface area contributed by atoms with Gasteiger partial charge in [0.25, 0.3) is 5.17 Å². The molecule has 0 aromatic carbocycles. The van der Waals surface area contributed by atoms with Gasteiger partial charge in [-0.1, -0.05) is 0 Å². The summed E-state index contributed by atoms with van der Waals surface area (Å²) >= 11 is 4.41. The molecule has 1 atom stereocenters. The monoisotopic (exact) mass is 162 g/mol. The zero-order chi connectivity index (χ0) is 7.40. The maximum absolute atomic E-state index is 8.62. The number of aliphatic hydroxyl groups is 1. The van der Waals surface area contributed by atoms with Gasteiger partial charge in [-0.2, -0.15) is 0 Å². The van der Waals surface area contributed by atoms with Crippen molar-refractivity contribution in [2.24, 2.45) is 0 Å². The van der Waals surface area contributed by atoms with E-state index in [9.17, 15) is 0 Å². The summed E-state index contributed by atoms with van der Waals surface area (Å²) < 4.78 is 5.17. The van der Waals surface area contributed by atoms with E-state index in [1.165, 1.54) is 0 Å². The molecular formula is C5H10N2O2S. The summed E-state index contributed by atoms with van der Waals surface area (Å²) in [5.41, 5.74) is 0. The summed E-state index contributed by atoms with van der Waals surface area (Å²) in [6.45, 7) is 2.19. The molecule has 0 bridgehead atoms. The van der Waals surface area contributed by atoms with Crippen molar-refractivity contribution in [3.05, 3.63) is 0 Å². The lowest BCUT2D eigenvalue weighted by Crippen LogP contribution is -2.48. The molecule has 1 heterocycles. The highest BCUT2D eigenvalue weighted by Gasteiger charge is 2.12. The molecule has 0 saturated carbocycles. The third-order valence-corrected chi connectivity index (χ3v) is 1.33. The van der Waals surface area contributed by atoms with Gasteiger partial charge in [0.2, 0.25) is 0 Å². The van der Waals surface area contributed by atoms with Crippen LogP contribution >= 0.6 is 12.2 Å². The van der Waals surface area contributed by atoms with Crippen LogP contribution < -0.4 is 10.6 Å². The van der Waals surface area contributed by atoms with Crippen LogP contribution in [0.2, 0.25) is 0 Å². The molecule has 1 saturated heterocycles. The molecule has 0 spiro atoms. The van der Waals surface area contributed by atoms with Gasteiger partial charge in [0.1, 0.15) is 6.23 Å². The van der Waals surface area contributed by atoms with Crippen molar-refractivity contribution >= 4 is 17.4 Å². The third-order valence-electron chi connectivity index (χ3n) is 1.21. The van der Waals surface area contributed by atoms with Crippen molar-refractivity contribution in [3.8, 4) is 0 Å². The zero-order valence-corrected chi connectivity index (χ0v) is 6.28. The molecule has 58 valence electrons. The number of morpholine rings is 1. The first-order valence-electron chi connectivity index (χ1n) is 3.11. The van der Waals surface area contributed by atoms with Crippen LogP contribution in [0.3, 0.4) is 0 Å². The molecule has 0 amide bonds.